The quantitative estimate of drug-likeness (QED) is 0.732. The van der Waals surface area contributed by atoms with Crippen molar-refractivity contribution in [3.63, 3.8) is 0 Å². The molecule has 2 amide bonds. The van der Waals surface area contributed by atoms with Gasteiger partial charge >= 0.3 is 0 Å². The first-order chi connectivity index (χ1) is 9.57. The fourth-order valence-electron chi connectivity index (χ4n) is 2.83. The van der Waals surface area contributed by atoms with Crippen molar-refractivity contribution in [1.29, 1.82) is 0 Å². The smallest absolute Gasteiger partial charge is 0.247 e. The fourth-order valence-corrected chi connectivity index (χ4v) is 2.83. The molecule has 2 N–H and O–H groups in total. The molecular weight excluding hydrogens is 252 g/mol. The Hall–Kier alpha value is -1.32. The van der Waals surface area contributed by atoms with Crippen LogP contribution in [0.4, 0.5) is 0 Å². The van der Waals surface area contributed by atoms with Crippen LogP contribution in [-0.2, 0) is 9.59 Å². The van der Waals surface area contributed by atoms with Crippen molar-refractivity contribution in [2.75, 3.05) is 6.54 Å². The Kier molecular flexibility index (Phi) is 4.84. The molecule has 0 heterocycles. The molecule has 2 aliphatic rings. The molecule has 2 saturated carbocycles. The monoisotopic (exact) mass is 278 g/mol. The topological polar surface area (TPSA) is 58.2 Å². The van der Waals surface area contributed by atoms with Crippen LogP contribution < -0.4 is 10.6 Å². The molecular formula is C16H26N2O2. The van der Waals surface area contributed by atoms with Gasteiger partial charge in [-0.1, -0.05) is 25.8 Å². The van der Waals surface area contributed by atoms with E-state index in [1.165, 1.54) is 12.8 Å². The number of allylic oxidation sites excluding steroid dienone is 1. The number of amides is 2. The molecule has 2 aliphatic carbocycles. The average Bonchev–Trinajstić information content (AvgIpc) is 3.14. The van der Waals surface area contributed by atoms with Gasteiger partial charge < -0.3 is 10.6 Å². The molecule has 2 rings (SSSR count). The highest BCUT2D eigenvalue weighted by atomic mass is 16.2. The van der Waals surface area contributed by atoms with E-state index < -0.39 is 5.54 Å². The molecule has 0 bridgehead atoms. The van der Waals surface area contributed by atoms with Crippen LogP contribution in [0.3, 0.4) is 0 Å². The lowest BCUT2D eigenvalue weighted by Crippen LogP contribution is -2.57. The predicted molar refractivity (Wildman–Crippen MR) is 79.1 cm³/mol. The van der Waals surface area contributed by atoms with Crippen molar-refractivity contribution in [1.82, 2.24) is 10.6 Å². The van der Waals surface area contributed by atoms with E-state index in [1.54, 1.807) is 0 Å². The van der Waals surface area contributed by atoms with Crippen LogP contribution in [0.1, 0.15) is 58.8 Å². The maximum Gasteiger partial charge on any atom is 0.247 e. The summed E-state index contributed by atoms with van der Waals surface area (Å²) in [5, 5.41) is 6.03. The first kappa shape index (κ1) is 15.1. The lowest BCUT2D eigenvalue weighted by molar-refractivity contribution is -0.132. The third-order valence-corrected chi connectivity index (χ3v) is 4.36. The Bertz CT molecular complexity index is 405. The van der Waals surface area contributed by atoms with Gasteiger partial charge in [-0.05, 0) is 44.9 Å². The van der Waals surface area contributed by atoms with Gasteiger partial charge in [-0.3, -0.25) is 9.59 Å². The van der Waals surface area contributed by atoms with Crippen molar-refractivity contribution in [3.8, 4) is 0 Å². The summed E-state index contributed by atoms with van der Waals surface area (Å²) in [5.74, 6) is 0.574. The van der Waals surface area contributed by atoms with Crippen LogP contribution in [-0.4, -0.2) is 23.9 Å². The molecule has 20 heavy (non-hydrogen) atoms. The van der Waals surface area contributed by atoms with Gasteiger partial charge in [0.2, 0.25) is 11.8 Å². The number of nitrogens with one attached hydrogen (secondary N) is 2. The summed E-state index contributed by atoms with van der Waals surface area (Å²) >= 11 is 0. The molecule has 4 nitrogen and oxygen atoms in total. The van der Waals surface area contributed by atoms with Gasteiger partial charge in [0, 0.05) is 12.1 Å². The second-order valence-corrected chi connectivity index (χ2v) is 6.19. The van der Waals surface area contributed by atoms with Crippen LogP contribution in [0, 0.1) is 5.92 Å². The second-order valence-electron chi connectivity index (χ2n) is 6.19. The van der Waals surface area contributed by atoms with E-state index in [0.717, 1.165) is 38.6 Å². The minimum absolute atomic E-state index is 0.0135. The highest BCUT2D eigenvalue weighted by Gasteiger charge is 2.42. The Morgan fingerprint density at radius 1 is 1.25 bits per heavy atom. The molecule has 0 aromatic rings. The zero-order chi connectivity index (χ0) is 14.6. The van der Waals surface area contributed by atoms with Crippen LogP contribution in [0.15, 0.2) is 11.6 Å². The minimum atomic E-state index is -0.672. The molecule has 2 fully saturated rings. The van der Waals surface area contributed by atoms with E-state index in [2.05, 4.69) is 10.6 Å². The molecule has 0 radical (unpaired) electrons. The van der Waals surface area contributed by atoms with Gasteiger partial charge in [0.05, 0.1) is 0 Å². The van der Waals surface area contributed by atoms with Crippen LogP contribution in [0.5, 0.6) is 0 Å². The highest BCUT2D eigenvalue weighted by molar-refractivity contribution is 5.98. The summed E-state index contributed by atoms with van der Waals surface area (Å²) in [6.07, 6.45) is 8.71. The Morgan fingerprint density at radius 2 is 1.90 bits per heavy atom. The number of carbonyl (C=O) groups excluding carboxylic acids is 2. The molecule has 4 heteroatoms. The zero-order valence-corrected chi connectivity index (χ0v) is 12.6. The minimum Gasteiger partial charge on any atom is -0.354 e. The lowest BCUT2D eigenvalue weighted by atomic mass is 9.95. The fraction of sp³-hybridized carbons (Fsp3) is 0.750. The lowest BCUT2D eigenvalue weighted by Gasteiger charge is -2.29. The third-order valence-electron chi connectivity index (χ3n) is 4.36. The molecule has 0 saturated heterocycles. The standard InChI is InChI=1S/C16H26N2O2/c1-3-6-12(2)14(19)18-16(9-4-5-10-16)15(20)17-11-13-7-8-13/h6,13H,3-5,7-11H2,1-2H3,(H,17,20)(H,18,19)/b12-6-. The average molecular weight is 278 g/mol. The first-order valence-corrected chi connectivity index (χ1v) is 7.85. The molecule has 0 unspecified atom stereocenters. The van der Waals surface area contributed by atoms with E-state index in [-0.39, 0.29) is 11.8 Å². The van der Waals surface area contributed by atoms with Crippen molar-refractivity contribution in [2.24, 2.45) is 5.92 Å². The maximum atomic E-state index is 12.5. The molecule has 112 valence electrons. The summed E-state index contributed by atoms with van der Waals surface area (Å²) in [5.41, 5.74) is 0.0308. The van der Waals surface area contributed by atoms with Crippen LogP contribution >= 0.6 is 0 Å². The Balaban J connectivity index is 1.98. The van der Waals surface area contributed by atoms with Gasteiger partial charge in [0.1, 0.15) is 5.54 Å². The molecule has 0 atom stereocenters. The van der Waals surface area contributed by atoms with E-state index in [0.29, 0.717) is 11.5 Å². The first-order valence-electron chi connectivity index (χ1n) is 7.85. The van der Waals surface area contributed by atoms with E-state index in [1.807, 2.05) is 19.9 Å². The summed E-state index contributed by atoms with van der Waals surface area (Å²) in [6.45, 7) is 4.58. The Labute approximate surface area is 121 Å². The van der Waals surface area contributed by atoms with E-state index >= 15 is 0 Å². The largest absolute Gasteiger partial charge is 0.354 e. The van der Waals surface area contributed by atoms with Crippen LogP contribution in [0.2, 0.25) is 0 Å². The van der Waals surface area contributed by atoms with Gasteiger partial charge in [-0.2, -0.15) is 0 Å². The number of hydrogen-bond acceptors (Lipinski definition) is 2. The summed E-state index contributed by atoms with van der Waals surface area (Å²) in [7, 11) is 0. The number of rotatable bonds is 6. The van der Waals surface area contributed by atoms with E-state index in [4.69, 9.17) is 0 Å². The van der Waals surface area contributed by atoms with Gasteiger partial charge in [-0.15, -0.1) is 0 Å². The van der Waals surface area contributed by atoms with Gasteiger partial charge in [-0.25, -0.2) is 0 Å². The summed E-state index contributed by atoms with van der Waals surface area (Å²) in [4.78, 5) is 24.7. The predicted octanol–water partition coefficient (Wildman–Crippen LogP) is 2.30. The van der Waals surface area contributed by atoms with Crippen molar-refractivity contribution in [2.45, 2.75) is 64.3 Å². The third kappa shape index (κ3) is 3.62. The van der Waals surface area contributed by atoms with Crippen molar-refractivity contribution < 1.29 is 9.59 Å². The Morgan fingerprint density at radius 3 is 2.45 bits per heavy atom. The zero-order valence-electron chi connectivity index (χ0n) is 12.6. The number of hydrogen-bond donors (Lipinski definition) is 2. The summed E-state index contributed by atoms with van der Waals surface area (Å²) < 4.78 is 0. The SMILES string of the molecule is CC/C=C(/C)C(=O)NC1(C(=O)NCC2CC2)CCCC1. The summed E-state index contributed by atoms with van der Waals surface area (Å²) in [6, 6.07) is 0. The molecule has 0 aromatic heterocycles. The van der Waals surface area contributed by atoms with Crippen molar-refractivity contribution in [3.05, 3.63) is 11.6 Å². The van der Waals surface area contributed by atoms with Gasteiger partial charge in [0.15, 0.2) is 0 Å². The molecule has 0 spiro atoms. The molecule has 0 aliphatic heterocycles. The highest BCUT2D eigenvalue weighted by Crippen LogP contribution is 2.31. The van der Waals surface area contributed by atoms with Crippen molar-refractivity contribution >= 4 is 11.8 Å². The number of carbonyl (C=O) groups is 2. The normalized spacial score (nSPS) is 21.6. The van der Waals surface area contributed by atoms with E-state index in [9.17, 15) is 9.59 Å². The van der Waals surface area contributed by atoms with Gasteiger partial charge in [0.25, 0.3) is 0 Å². The second kappa shape index (κ2) is 6.42. The maximum absolute atomic E-state index is 12.5. The molecule has 0 aromatic carbocycles. The van der Waals surface area contributed by atoms with Crippen LogP contribution in [0.25, 0.3) is 0 Å².